The molecule has 0 bridgehead atoms. The molecule has 1 aromatic heterocycles. The van der Waals surface area contributed by atoms with Gasteiger partial charge in [-0.05, 0) is 30.9 Å². The molecule has 3 rings (SSSR count). The summed E-state index contributed by atoms with van der Waals surface area (Å²) in [5.41, 5.74) is 1.13. The Balaban J connectivity index is 1.50. The van der Waals surface area contributed by atoms with Gasteiger partial charge >= 0.3 is 0 Å². The van der Waals surface area contributed by atoms with E-state index in [1.807, 2.05) is 12.3 Å². The van der Waals surface area contributed by atoms with Crippen LogP contribution in [0.4, 0.5) is 11.5 Å². The van der Waals surface area contributed by atoms with Crippen molar-refractivity contribution in [3.8, 4) is 0 Å². The Morgan fingerprint density at radius 1 is 1.23 bits per heavy atom. The van der Waals surface area contributed by atoms with Gasteiger partial charge in [0.25, 0.3) is 0 Å². The van der Waals surface area contributed by atoms with Crippen LogP contribution in [0.3, 0.4) is 0 Å². The summed E-state index contributed by atoms with van der Waals surface area (Å²) in [7, 11) is 0. The second-order valence-corrected chi connectivity index (χ2v) is 6.40. The lowest BCUT2D eigenvalue weighted by Crippen LogP contribution is -2.43. The van der Waals surface area contributed by atoms with Gasteiger partial charge in [0.1, 0.15) is 5.82 Å². The van der Waals surface area contributed by atoms with E-state index in [9.17, 15) is 4.79 Å². The number of carbonyl (C=O) groups excluding carboxylic acids is 1. The predicted octanol–water partition coefficient (Wildman–Crippen LogP) is 2.40. The summed E-state index contributed by atoms with van der Waals surface area (Å²) in [6.45, 7) is 4.05. The molecule has 2 fully saturated rings. The predicted molar refractivity (Wildman–Crippen MR) is 89.1 cm³/mol. The van der Waals surface area contributed by atoms with Crippen molar-refractivity contribution in [2.45, 2.75) is 38.5 Å². The number of piperazine rings is 1. The molecule has 1 aromatic rings. The number of nitrogens with one attached hydrogen (secondary N) is 2. The molecule has 0 aromatic carbocycles. The van der Waals surface area contributed by atoms with Crippen LogP contribution in [0, 0.1) is 5.92 Å². The third kappa shape index (κ3) is 4.19. The lowest BCUT2D eigenvalue weighted by molar-refractivity contribution is -0.117. The molecule has 1 saturated carbocycles. The van der Waals surface area contributed by atoms with Gasteiger partial charge in [-0.15, -0.1) is 0 Å². The van der Waals surface area contributed by atoms with Crippen molar-refractivity contribution in [1.29, 1.82) is 0 Å². The number of hydrogen-bond donors (Lipinski definition) is 2. The molecule has 2 heterocycles. The third-order valence-electron chi connectivity index (χ3n) is 4.70. The van der Waals surface area contributed by atoms with Gasteiger partial charge in [-0.3, -0.25) is 4.79 Å². The van der Waals surface area contributed by atoms with E-state index in [1.54, 1.807) is 0 Å². The van der Waals surface area contributed by atoms with Crippen LogP contribution in [-0.2, 0) is 4.79 Å². The summed E-state index contributed by atoms with van der Waals surface area (Å²) >= 11 is 0. The molecule has 2 aliphatic rings. The monoisotopic (exact) mass is 302 g/mol. The molecule has 0 spiro atoms. The Morgan fingerprint density at radius 2 is 2.00 bits per heavy atom. The maximum absolute atomic E-state index is 12.1. The van der Waals surface area contributed by atoms with E-state index in [2.05, 4.69) is 26.6 Å². The number of hydrogen-bond acceptors (Lipinski definition) is 4. The Kier molecular flexibility index (Phi) is 5.27. The maximum Gasteiger partial charge on any atom is 0.225 e. The van der Waals surface area contributed by atoms with Gasteiger partial charge in [0, 0.05) is 32.6 Å². The van der Waals surface area contributed by atoms with Gasteiger partial charge in [-0.25, -0.2) is 4.98 Å². The van der Waals surface area contributed by atoms with Crippen molar-refractivity contribution in [3.63, 3.8) is 0 Å². The normalized spacial score (nSPS) is 19.9. The van der Waals surface area contributed by atoms with Crippen molar-refractivity contribution < 1.29 is 4.79 Å². The van der Waals surface area contributed by atoms with Gasteiger partial charge in [-0.1, -0.05) is 19.3 Å². The first-order valence-corrected chi connectivity index (χ1v) is 8.53. The van der Waals surface area contributed by atoms with Crippen molar-refractivity contribution in [3.05, 3.63) is 18.3 Å². The zero-order valence-electron chi connectivity index (χ0n) is 13.2. The van der Waals surface area contributed by atoms with E-state index in [1.165, 1.54) is 32.1 Å². The minimum absolute atomic E-state index is 0.106. The molecular weight excluding hydrogens is 276 g/mol. The number of aromatic nitrogens is 1. The molecule has 1 amide bonds. The first-order valence-electron chi connectivity index (χ1n) is 8.53. The van der Waals surface area contributed by atoms with Gasteiger partial charge in [0.2, 0.25) is 5.91 Å². The smallest absolute Gasteiger partial charge is 0.225 e. The number of nitrogens with zero attached hydrogens (tertiary/aromatic N) is 2. The van der Waals surface area contributed by atoms with E-state index < -0.39 is 0 Å². The van der Waals surface area contributed by atoms with Crippen LogP contribution in [-0.4, -0.2) is 37.1 Å². The average molecular weight is 302 g/mol. The minimum atomic E-state index is 0.106. The molecule has 1 saturated heterocycles. The van der Waals surface area contributed by atoms with E-state index in [4.69, 9.17) is 0 Å². The van der Waals surface area contributed by atoms with Crippen molar-refractivity contribution in [2.24, 2.45) is 5.92 Å². The number of pyridine rings is 1. The second-order valence-electron chi connectivity index (χ2n) is 6.40. The average Bonchev–Trinajstić information content (AvgIpc) is 2.57. The Bertz CT molecular complexity index is 476. The number of anilines is 2. The fourth-order valence-electron chi connectivity index (χ4n) is 3.42. The van der Waals surface area contributed by atoms with Crippen LogP contribution in [0.25, 0.3) is 0 Å². The van der Waals surface area contributed by atoms with E-state index in [0.717, 1.165) is 31.9 Å². The second kappa shape index (κ2) is 7.58. The van der Waals surface area contributed by atoms with E-state index in [-0.39, 0.29) is 5.91 Å². The van der Waals surface area contributed by atoms with Crippen LogP contribution in [0.15, 0.2) is 18.3 Å². The first kappa shape index (κ1) is 15.3. The molecule has 5 nitrogen and oxygen atoms in total. The summed E-state index contributed by atoms with van der Waals surface area (Å²) in [6.07, 6.45) is 8.77. The Hall–Kier alpha value is -1.62. The van der Waals surface area contributed by atoms with Crippen molar-refractivity contribution >= 4 is 17.4 Å². The molecule has 1 aliphatic heterocycles. The minimum Gasteiger partial charge on any atom is -0.368 e. The third-order valence-corrected chi connectivity index (χ3v) is 4.70. The summed E-state index contributed by atoms with van der Waals surface area (Å²) in [4.78, 5) is 18.8. The van der Waals surface area contributed by atoms with Gasteiger partial charge < -0.3 is 15.5 Å². The fourth-order valence-corrected chi connectivity index (χ4v) is 3.42. The summed E-state index contributed by atoms with van der Waals surface area (Å²) < 4.78 is 0. The van der Waals surface area contributed by atoms with Gasteiger partial charge in [-0.2, -0.15) is 0 Å². The topological polar surface area (TPSA) is 57.3 Å². The number of amides is 1. The fraction of sp³-hybridized carbons (Fsp3) is 0.647. The number of carbonyl (C=O) groups is 1. The van der Waals surface area contributed by atoms with Crippen LogP contribution in [0.2, 0.25) is 0 Å². The highest BCUT2D eigenvalue weighted by Crippen LogP contribution is 2.26. The molecule has 0 radical (unpaired) electrons. The molecular formula is C17H26N4O. The molecule has 2 N–H and O–H groups in total. The quantitative estimate of drug-likeness (QED) is 0.897. The van der Waals surface area contributed by atoms with E-state index >= 15 is 0 Å². The lowest BCUT2D eigenvalue weighted by atomic mass is 9.87. The highest BCUT2D eigenvalue weighted by molar-refractivity contribution is 5.90. The molecule has 22 heavy (non-hydrogen) atoms. The van der Waals surface area contributed by atoms with Gasteiger partial charge in [0.15, 0.2) is 0 Å². The zero-order valence-corrected chi connectivity index (χ0v) is 13.2. The highest BCUT2D eigenvalue weighted by Gasteiger charge is 2.17. The SMILES string of the molecule is O=C(CC1CCCCC1)Nc1ccc(N2CCNCC2)cn1. The standard InChI is InChI=1S/C17H26N4O/c22-17(12-14-4-2-1-3-5-14)20-16-7-6-15(13-19-16)21-10-8-18-9-11-21/h6-7,13-14,18H,1-5,8-12H2,(H,19,20,22). The maximum atomic E-state index is 12.1. The van der Waals surface area contributed by atoms with Gasteiger partial charge in [0.05, 0.1) is 11.9 Å². The lowest BCUT2D eigenvalue weighted by Gasteiger charge is -2.29. The number of rotatable bonds is 4. The molecule has 0 atom stereocenters. The first-order chi connectivity index (χ1) is 10.8. The summed E-state index contributed by atoms with van der Waals surface area (Å²) in [5.74, 6) is 1.34. The van der Waals surface area contributed by atoms with Crippen LogP contribution < -0.4 is 15.5 Å². The summed E-state index contributed by atoms with van der Waals surface area (Å²) in [5, 5.41) is 6.28. The largest absolute Gasteiger partial charge is 0.368 e. The van der Waals surface area contributed by atoms with Crippen LogP contribution >= 0.6 is 0 Å². The Morgan fingerprint density at radius 3 is 2.68 bits per heavy atom. The molecule has 120 valence electrons. The van der Waals surface area contributed by atoms with Crippen molar-refractivity contribution in [1.82, 2.24) is 10.3 Å². The van der Waals surface area contributed by atoms with Crippen LogP contribution in [0.1, 0.15) is 38.5 Å². The van der Waals surface area contributed by atoms with Crippen LogP contribution in [0.5, 0.6) is 0 Å². The Labute approximate surface area is 132 Å². The summed E-state index contributed by atoms with van der Waals surface area (Å²) in [6, 6.07) is 3.96. The zero-order chi connectivity index (χ0) is 15.2. The molecule has 5 heteroatoms. The molecule has 0 unspecified atom stereocenters. The van der Waals surface area contributed by atoms with E-state index in [0.29, 0.717) is 18.2 Å². The molecule has 1 aliphatic carbocycles. The highest BCUT2D eigenvalue weighted by atomic mass is 16.1. The van der Waals surface area contributed by atoms with Crippen molar-refractivity contribution in [2.75, 3.05) is 36.4 Å².